The molecule has 0 fully saturated rings. The highest BCUT2D eigenvalue weighted by atomic mass is 16.5. The van der Waals surface area contributed by atoms with Crippen LogP contribution in [0.5, 0.6) is 0 Å². The van der Waals surface area contributed by atoms with E-state index >= 15 is 0 Å². The third-order valence-corrected chi connectivity index (χ3v) is 10.8. The number of aliphatic hydroxyl groups excluding tert-OH is 3. The van der Waals surface area contributed by atoms with Gasteiger partial charge in [0.2, 0.25) is 11.8 Å². The summed E-state index contributed by atoms with van der Waals surface area (Å²) in [5, 5.41) is 41.4. The van der Waals surface area contributed by atoms with Crippen LogP contribution in [0.25, 0.3) is 0 Å². The van der Waals surface area contributed by atoms with Crippen LogP contribution in [-0.2, 0) is 42.1 Å². The van der Waals surface area contributed by atoms with Crippen molar-refractivity contribution in [3.63, 3.8) is 0 Å². The van der Waals surface area contributed by atoms with E-state index in [1.165, 1.54) is 0 Å². The standard InChI is InChI=1S/C19H22N2O3.C18H20N2O4.C18H20N2O3/c1-20-19(24)17-9-7-15(8-10-17)13-18(23)21(11-12-22)14-16-5-3-2-4-6-16;21-11-10-20(17(22)12-14-4-2-1-3-5-14)13-15-6-8-16(9-7-15)18(23)19-24;1-19-17(22)15-9-7-14(8-10-15)13-20(11-12-21)18(23)16-5-3-2-4-6-16/h2-10,22H,11-14H2,1H3,(H,20,24);1-9,21,24H,10-13H2,(H,19,23);2-10,21H,11-13H2,1H3,(H,19,22). The number of aliphatic hydroxyl groups is 3. The molecule has 0 aliphatic carbocycles. The van der Waals surface area contributed by atoms with Gasteiger partial charge in [0.1, 0.15) is 0 Å². The zero-order valence-corrected chi connectivity index (χ0v) is 39.9. The van der Waals surface area contributed by atoms with Gasteiger partial charge in [-0.15, -0.1) is 0 Å². The first kappa shape index (κ1) is 55.6. The molecule has 0 bridgehead atoms. The van der Waals surface area contributed by atoms with Crippen molar-refractivity contribution in [2.45, 2.75) is 32.5 Å². The Balaban J connectivity index is 0.000000231. The molecule has 0 saturated carbocycles. The summed E-state index contributed by atoms with van der Waals surface area (Å²) in [5.41, 5.74) is 8.12. The van der Waals surface area contributed by atoms with Crippen molar-refractivity contribution < 1.29 is 49.3 Å². The van der Waals surface area contributed by atoms with Gasteiger partial charge in [-0.05, 0) is 76.3 Å². The molecular weight excluding hydrogens is 905 g/mol. The van der Waals surface area contributed by atoms with E-state index in [-0.39, 0.29) is 75.3 Å². The second-order valence-electron chi connectivity index (χ2n) is 15.9. The maximum atomic E-state index is 12.5. The fourth-order valence-electron chi connectivity index (χ4n) is 7.03. The number of hydrogen-bond acceptors (Lipinski definition) is 10. The van der Waals surface area contributed by atoms with Gasteiger partial charge in [-0.1, -0.05) is 115 Å². The molecule has 0 heterocycles. The lowest BCUT2D eigenvalue weighted by atomic mass is 10.1. The SMILES string of the molecule is CNC(=O)c1ccc(CC(=O)N(CCO)Cc2ccccc2)cc1.CNC(=O)c1ccc(CN(CCO)C(=O)c2ccccc2)cc1.O=C(NO)c1ccc(CN(CCO)C(=O)Cc2ccccc2)cc1. The molecule has 6 amide bonds. The molecule has 0 aliphatic rings. The molecule has 6 aromatic carbocycles. The number of benzene rings is 6. The topological polar surface area (TPSA) is 229 Å². The first-order valence-electron chi connectivity index (χ1n) is 22.9. The molecule has 0 saturated heterocycles. The number of rotatable bonds is 20. The van der Waals surface area contributed by atoms with Crippen LogP contribution in [0.15, 0.2) is 164 Å². The van der Waals surface area contributed by atoms with E-state index in [1.807, 2.05) is 91.0 Å². The molecule has 7 N–H and O–H groups in total. The zero-order chi connectivity index (χ0) is 51.4. The highest BCUT2D eigenvalue weighted by Crippen LogP contribution is 2.14. The lowest BCUT2D eigenvalue weighted by Gasteiger charge is -2.22. The van der Waals surface area contributed by atoms with Crippen LogP contribution >= 0.6 is 0 Å². The Bertz CT molecular complexity index is 2570. The number of nitrogens with zero attached hydrogens (tertiary/aromatic N) is 3. The van der Waals surface area contributed by atoms with Crippen LogP contribution < -0.4 is 16.1 Å². The molecule has 372 valence electrons. The van der Waals surface area contributed by atoms with Crippen LogP contribution in [0.1, 0.15) is 69.2 Å². The first-order chi connectivity index (χ1) is 34.4. The number of hydrogen-bond donors (Lipinski definition) is 7. The van der Waals surface area contributed by atoms with Crippen LogP contribution in [-0.4, -0.2) is 124 Å². The fourth-order valence-corrected chi connectivity index (χ4v) is 7.03. The third-order valence-electron chi connectivity index (χ3n) is 10.8. The molecule has 16 heteroatoms. The molecule has 6 rings (SSSR count). The Morgan fingerprint density at radius 1 is 0.380 bits per heavy atom. The monoisotopic (exact) mass is 966 g/mol. The number of carbonyl (C=O) groups excluding carboxylic acids is 6. The maximum absolute atomic E-state index is 12.5. The van der Waals surface area contributed by atoms with Crippen molar-refractivity contribution >= 4 is 35.4 Å². The fraction of sp³-hybridized carbons (Fsp3) is 0.236. The highest BCUT2D eigenvalue weighted by Gasteiger charge is 2.18. The summed E-state index contributed by atoms with van der Waals surface area (Å²) in [6.07, 6.45) is 0.507. The predicted octanol–water partition coefficient (Wildman–Crippen LogP) is 4.66. The van der Waals surface area contributed by atoms with Gasteiger partial charge in [0, 0.05) is 75.6 Å². The van der Waals surface area contributed by atoms with Crippen molar-refractivity contribution in [3.8, 4) is 0 Å². The van der Waals surface area contributed by atoms with Gasteiger partial charge < -0.3 is 40.7 Å². The Morgan fingerprint density at radius 3 is 1.07 bits per heavy atom. The summed E-state index contributed by atoms with van der Waals surface area (Å²) in [4.78, 5) is 76.6. The summed E-state index contributed by atoms with van der Waals surface area (Å²) in [6, 6.07) is 48.7. The van der Waals surface area contributed by atoms with Gasteiger partial charge >= 0.3 is 0 Å². The number of amides is 6. The maximum Gasteiger partial charge on any atom is 0.274 e. The lowest BCUT2D eigenvalue weighted by molar-refractivity contribution is -0.132. The van der Waals surface area contributed by atoms with Crippen molar-refractivity contribution in [3.05, 3.63) is 214 Å². The first-order valence-corrected chi connectivity index (χ1v) is 22.9. The normalized spacial score (nSPS) is 10.2. The second-order valence-corrected chi connectivity index (χ2v) is 15.9. The summed E-state index contributed by atoms with van der Waals surface area (Å²) in [7, 11) is 3.16. The zero-order valence-electron chi connectivity index (χ0n) is 39.9. The third kappa shape index (κ3) is 18.8. The molecule has 0 aromatic heterocycles. The van der Waals surface area contributed by atoms with E-state index < -0.39 is 5.91 Å². The van der Waals surface area contributed by atoms with Crippen LogP contribution in [0.2, 0.25) is 0 Å². The Kier molecular flexibility index (Phi) is 23.8. The Labute approximate surface area is 414 Å². The van der Waals surface area contributed by atoms with E-state index in [9.17, 15) is 44.1 Å². The van der Waals surface area contributed by atoms with E-state index in [1.54, 1.807) is 107 Å². The summed E-state index contributed by atoms with van der Waals surface area (Å²) in [6.45, 7) is 1.68. The number of nitrogens with one attached hydrogen (secondary N) is 3. The van der Waals surface area contributed by atoms with Gasteiger partial charge in [-0.25, -0.2) is 5.48 Å². The Hall–Kier alpha value is -8.02. The average Bonchev–Trinajstić information content (AvgIpc) is 3.41. The molecule has 0 atom stereocenters. The minimum absolute atomic E-state index is 0.0550. The van der Waals surface area contributed by atoms with Gasteiger partial charge in [0.15, 0.2) is 0 Å². The largest absolute Gasteiger partial charge is 0.395 e. The Morgan fingerprint density at radius 2 is 0.690 bits per heavy atom. The van der Waals surface area contributed by atoms with E-state index in [4.69, 9.17) is 5.21 Å². The van der Waals surface area contributed by atoms with Crippen molar-refractivity contribution in [2.24, 2.45) is 0 Å². The van der Waals surface area contributed by atoms with Gasteiger partial charge in [0.25, 0.3) is 23.6 Å². The quantitative estimate of drug-likeness (QED) is 0.0414. The van der Waals surface area contributed by atoms with Crippen LogP contribution in [0.4, 0.5) is 0 Å². The number of carbonyl (C=O) groups is 6. The molecule has 0 spiro atoms. The minimum atomic E-state index is -0.589. The van der Waals surface area contributed by atoms with Gasteiger partial charge in [-0.2, -0.15) is 0 Å². The second kappa shape index (κ2) is 30.5. The van der Waals surface area contributed by atoms with E-state index in [0.717, 1.165) is 27.8 Å². The smallest absolute Gasteiger partial charge is 0.274 e. The van der Waals surface area contributed by atoms with E-state index in [2.05, 4.69) is 10.6 Å². The van der Waals surface area contributed by atoms with Crippen molar-refractivity contribution in [1.29, 1.82) is 0 Å². The summed E-state index contributed by atoms with van der Waals surface area (Å²) < 4.78 is 0. The molecule has 16 nitrogen and oxygen atoms in total. The lowest BCUT2D eigenvalue weighted by Crippen LogP contribution is -2.34. The number of hydroxylamine groups is 1. The summed E-state index contributed by atoms with van der Waals surface area (Å²) in [5.74, 6) is -1.15. The molecule has 71 heavy (non-hydrogen) atoms. The van der Waals surface area contributed by atoms with Gasteiger partial charge in [0.05, 0.1) is 32.7 Å². The van der Waals surface area contributed by atoms with E-state index in [0.29, 0.717) is 48.4 Å². The van der Waals surface area contributed by atoms with Crippen LogP contribution in [0, 0.1) is 0 Å². The van der Waals surface area contributed by atoms with Gasteiger partial charge in [-0.3, -0.25) is 34.0 Å². The predicted molar refractivity (Wildman–Crippen MR) is 269 cm³/mol. The minimum Gasteiger partial charge on any atom is -0.395 e. The molecule has 6 aromatic rings. The van der Waals surface area contributed by atoms with Crippen molar-refractivity contribution in [1.82, 2.24) is 30.8 Å². The molecular formula is C55H62N6O10. The summed E-state index contributed by atoms with van der Waals surface area (Å²) >= 11 is 0. The average molecular weight is 967 g/mol. The molecule has 0 radical (unpaired) electrons. The van der Waals surface area contributed by atoms with Crippen molar-refractivity contribution in [2.75, 3.05) is 53.6 Å². The highest BCUT2D eigenvalue weighted by molar-refractivity contribution is 5.95. The van der Waals surface area contributed by atoms with Crippen LogP contribution in [0.3, 0.4) is 0 Å². The molecule has 0 unspecified atom stereocenters. The molecule has 0 aliphatic heterocycles.